The zero-order chi connectivity index (χ0) is 9.64. The second-order valence-electron chi connectivity index (χ2n) is 3.04. The standard InChI is InChI=1S/C7H6Cl2O2S2/c8-7-1-4(3-12-7)5-2-6(5)13(9,10)11/h1,3,5-6H,2H2. The van der Waals surface area contributed by atoms with Crippen molar-refractivity contribution in [1.82, 2.24) is 0 Å². The number of rotatable bonds is 2. The molecule has 1 aromatic rings. The summed E-state index contributed by atoms with van der Waals surface area (Å²) in [6.07, 6.45) is 0.624. The minimum atomic E-state index is -3.38. The molecule has 1 heterocycles. The van der Waals surface area contributed by atoms with Crippen LogP contribution in [-0.4, -0.2) is 13.7 Å². The van der Waals surface area contributed by atoms with Crippen LogP contribution in [0.4, 0.5) is 0 Å². The van der Waals surface area contributed by atoms with Gasteiger partial charge in [-0.1, -0.05) is 11.6 Å². The smallest absolute Gasteiger partial charge is 0.212 e. The summed E-state index contributed by atoms with van der Waals surface area (Å²) >= 11 is 7.14. The molecule has 0 N–H and O–H groups in total. The van der Waals surface area contributed by atoms with Gasteiger partial charge in [-0.15, -0.1) is 11.3 Å². The van der Waals surface area contributed by atoms with Crippen molar-refractivity contribution in [2.45, 2.75) is 17.6 Å². The SMILES string of the molecule is O=S(=O)(Cl)C1CC1c1csc(Cl)c1. The summed E-state index contributed by atoms with van der Waals surface area (Å²) in [5.41, 5.74) is 0.990. The molecule has 0 radical (unpaired) electrons. The molecule has 2 rings (SSSR count). The van der Waals surface area contributed by atoms with E-state index in [0.29, 0.717) is 10.8 Å². The van der Waals surface area contributed by atoms with E-state index < -0.39 is 14.3 Å². The molecule has 0 saturated heterocycles. The number of halogens is 2. The molecule has 1 fully saturated rings. The summed E-state index contributed by atoms with van der Waals surface area (Å²) in [6.45, 7) is 0. The fraction of sp³-hybridized carbons (Fsp3) is 0.429. The highest BCUT2D eigenvalue weighted by atomic mass is 35.7. The quantitative estimate of drug-likeness (QED) is 0.763. The zero-order valence-corrected chi connectivity index (χ0v) is 9.55. The first kappa shape index (κ1) is 9.77. The Morgan fingerprint density at radius 1 is 1.54 bits per heavy atom. The van der Waals surface area contributed by atoms with E-state index in [4.69, 9.17) is 22.3 Å². The highest BCUT2D eigenvalue weighted by Crippen LogP contribution is 2.48. The second-order valence-corrected chi connectivity index (χ2v) is 7.43. The lowest BCUT2D eigenvalue weighted by Crippen LogP contribution is -1.98. The van der Waals surface area contributed by atoms with Crippen LogP contribution in [0.3, 0.4) is 0 Å². The fourth-order valence-electron chi connectivity index (χ4n) is 1.35. The highest BCUT2D eigenvalue weighted by molar-refractivity contribution is 8.14. The van der Waals surface area contributed by atoms with E-state index in [2.05, 4.69) is 0 Å². The van der Waals surface area contributed by atoms with E-state index in [-0.39, 0.29) is 5.92 Å². The van der Waals surface area contributed by atoms with E-state index in [1.54, 1.807) is 6.07 Å². The monoisotopic (exact) mass is 256 g/mol. The lowest BCUT2D eigenvalue weighted by molar-refractivity contribution is 0.607. The van der Waals surface area contributed by atoms with Gasteiger partial charge in [-0.05, 0) is 23.4 Å². The van der Waals surface area contributed by atoms with Crippen LogP contribution in [0.15, 0.2) is 11.4 Å². The van der Waals surface area contributed by atoms with Gasteiger partial charge < -0.3 is 0 Å². The van der Waals surface area contributed by atoms with Crippen LogP contribution in [0.25, 0.3) is 0 Å². The van der Waals surface area contributed by atoms with Crippen molar-refractivity contribution in [3.63, 3.8) is 0 Å². The Balaban J connectivity index is 2.17. The summed E-state index contributed by atoms with van der Waals surface area (Å²) in [5, 5.41) is 1.48. The molecule has 2 atom stereocenters. The molecule has 6 heteroatoms. The van der Waals surface area contributed by atoms with Gasteiger partial charge in [-0.25, -0.2) is 8.42 Å². The summed E-state index contributed by atoms with van der Waals surface area (Å²) in [6, 6.07) is 1.80. The van der Waals surface area contributed by atoms with Gasteiger partial charge in [-0.3, -0.25) is 0 Å². The van der Waals surface area contributed by atoms with Gasteiger partial charge in [-0.2, -0.15) is 0 Å². The van der Waals surface area contributed by atoms with Crippen molar-refractivity contribution in [2.24, 2.45) is 0 Å². The van der Waals surface area contributed by atoms with Crippen LogP contribution in [0.5, 0.6) is 0 Å². The minimum absolute atomic E-state index is 0.0613. The topological polar surface area (TPSA) is 34.1 Å². The van der Waals surface area contributed by atoms with Gasteiger partial charge in [0.25, 0.3) is 0 Å². The van der Waals surface area contributed by atoms with Crippen molar-refractivity contribution < 1.29 is 8.42 Å². The number of hydrogen-bond acceptors (Lipinski definition) is 3. The Kier molecular flexibility index (Phi) is 2.35. The molecule has 1 aliphatic carbocycles. The lowest BCUT2D eigenvalue weighted by Gasteiger charge is -1.91. The van der Waals surface area contributed by atoms with Crippen LogP contribution in [-0.2, 0) is 9.05 Å². The predicted molar refractivity (Wildman–Crippen MR) is 55.2 cm³/mol. The normalized spacial score (nSPS) is 27.5. The maximum atomic E-state index is 10.9. The van der Waals surface area contributed by atoms with Gasteiger partial charge in [0.1, 0.15) is 0 Å². The molecular weight excluding hydrogens is 251 g/mol. The van der Waals surface area contributed by atoms with Crippen molar-refractivity contribution in [3.05, 3.63) is 21.3 Å². The van der Waals surface area contributed by atoms with Crippen molar-refractivity contribution in [1.29, 1.82) is 0 Å². The summed E-state index contributed by atoms with van der Waals surface area (Å²) in [4.78, 5) is 0. The third-order valence-electron chi connectivity index (χ3n) is 2.11. The first-order chi connectivity index (χ1) is 5.98. The summed E-state index contributed by atoms with van der Waals surface area (Å²) in [7, 11) is 1.84. The number of hydrogen-bond donors (Lipinski definition) is 0. The number of thiophene rings is 1. The van der Waals surface area contributed by atoms with E-state index in [1.165, 1.54) is 11.3 Å². The average Bonchev–Trinajstić information content (AvgIpc) is 2.69. The second kappa shape index (κ2) is 3.12. The predicted octanol–water partition coefficient (Wildman–Crippen LogP) is 2.83. The van der Waals surface area contributed by atoms with Gasteiger partial charge in [0.2, 0.25) is 9.05 Å². The Labute approximate surface area is 89.9 Å². The first-order valence-corrected chi connectivity index (χ1v) is 7.29. The average molecular weight is 257 g/mol. The van der Waals surface area contributed by atoms with E-state index in [0.717, 1.165) is 5.56 Å². The van der Waals surface area contributed by atoms with E-state index in [9.17, 15) is 8.42 Å². The zero-order valence-electron chi connectivity index (χ0n) is 6.41. The van der Waals surface area contributed by atoms with E-state index >= 15 is 0 Å². The van der Waals surface area contributed by atoms with Gasteiger partial charge in [0, 0.05) is 16.6 Å². The lowest BCUT2D eigenvalue weighted by atomic mass is 10.2. The largest absolute Gasteiger partial charge is 0.236 e. The van der Waals surface area contributed by atoms with Crippen LogP contribution < -0.4 is 0 Å². The van der Waals surface area contributed by atoms with Crippen LogP contribution >= 0.6 is 33.6 Å². The van der Waals surface area contributed by atoms with Crippen LogP contribution in [0, 0.1) is 0 Å². The van der Waals surface area contributed by atoms with Crippen molar-refractivity contribution >= 4 is 42.7 Å². The maximum Gasteiger partial charge on any atom is 0.236 e. The minimum Gasteiger partial charge on any atom is -0.212 e. The molecule has 0 spiro atoms. The molecule has 0 bridgehead atoms. The van der Waals surface area contributed by atoms with Crippen molar-refractivity contribution in [2.75, 3.05) is 0 Å². The van der Waals surface area contributed by atoms with E-state index in [1.807, 2.05) is 5.38 Å². The molecule has 13 heavy (non-hydrogen) atoms. The molecule has 2 unspecified atom stereocenters. The van der Waals surface area contributed by atoms with Gasteiger partial charge in [0.05, 0.1) is 9.59 Å². The van der Waals surface area contributed by atoms with Crippen molar-refractivity contribution in [3.8, 4) is 0 Å². The third-order valence-corrected chi connectivity index (χ3v) is 5.15. The van der Waals surface area contributed by atoms with Crippen LogP contribution in [0.1, 0.15) is 17.9 Å². The first-order valence-electron chi connectivity index (χ1n) is 3.66. The Morgan fingerprint density at radius 2 is 2.23 bits per heavy atom. The fourth-order valence-corrected chi connectivity index (χ4v) is 3.88. The molecule has 2 nitrogen and oxygen atoms in total. The Morgan fingerprint density at radius 3 is 2.62 bits per heavy atom. The van der Waals surface area contributed by atoms with Gasteiger partial charge >= 0.3 is 0 Å². The molecule has 1 saturated carbocycles. The molecular formula is C7H6Cl2O2S2. The maximum absolute atomic E-state index is 10.9. The molecule has 1 aromatic heterocycles. The van der Waals surface area contributed by atoms with Gasteiger partial charge in [0.15, 0.2) is 0 Å². The highest BCUT2D eigenvalue weighted by Gasteiger charge is 2.47. The van der Waals surface area contributed by atoms with Crippen LogP contribution in [0.2, 0.25) is 4.34 Å². The molecule has 1 aliphatic rings. The Hall–Kier alpha value is 0.230. The molecule has 0 amide bonds. The molecule has 0 aromatic carbocycles. The summed E-state index contributed by atoms with van der Waals surface area (Å²) < 4.78 is 22.5. The molecule has 0 aliphatic heterocycles. The summed E-state index contributed by atoms with van der Waals surface area (Å²) in [5.74, 6) is 0.0613. The Bertz CT molecular complexity index is 423. The molecule has 72 valence electrons. The third kappa shape index (κ3) is 2.01.